The lowest BCUT2D eigenvalue weighted by Crippen LogP contribution is -2.37. The van der Waals surface area contributed by atoms with Gasteiger partial charge in [-0.05, 0) is 17.7 Å². The van der Waals surface area contributed by atoms with Crippen molar-refractivity contribution in [2.45, 2.75) is 12.6 Å². The Kier molecular flexibility index (Phi) is 5.10. The Labute approximate surface area is 152 Å². The first-order valence-corrected chi connectivity index (χ1v) is 8.27. The van der Waals surface area contributed by atoms with E-state index in [1.165, 1.54) is 30.8 Å². The Morgan fingerprint density at radius 2 is 1.85 bits per heavy atom. The highest BCUT2D eigenvalue weighted by Crippen LogP contribution is 2.18. The highest BCUT2D eigenvalue weighted by molar-refractivity contribution is 5.74. The number of benzene rings is 1. The van der Waals surface area contributed by atoms with Gasteiger partial charge in [0.1, 0.15) is 5.82 Å². The van der Waals surface area contributed by atoms with Crippen LogP contribution in [0.1, 0.15) is 5.56 Å². The summed E-state index contributed by atoms with van der Waals surface area (Å²) >= 11 is 0. The summed E-state index contributed by atoms with van der Waals surface area (Å²) in [5, 5.41) is 21.5. The molecule has 144 valence electrons. The number of rotatable bonds is 6. The highest BCUT2D eigenvalue weighted by Gasteiger charge is 2.19. The van der Waals surface area contributed by atoms with Crippen LogP contribution in [0.2, 0.25) is 0 Å². The number of hydrogen-bond acceptors (Lipinski definition) is 6. The number of halogens is 1. The molecular formula is C17H20FN5O4. The Bertz CT molecular complexity index is 1080. The third kappa shape index (κ3) is 3.49. The van der Waals surface area contributed by atoms with Crippen molar-refractivity contribution in [1.29, 1.82) is 0 Å². The summed E-state index contributed by atoms with van der Waals surface area (Å²) < 4.78 is 17.0. The third-order valence-electron chi connectivity index (χ3n) is 4.31. The fraction of sp³-hybridized carbons (Fsp3) is 0.353. The van der Waals surface area contributed by atoms with E-state index in [4.69, 9.17) is 5.11 Å². The zero-order chi connectivity index (χ0) is 19.7. The molecule has 9 nitrogen and oxygen atoms in total. The van der Waals surface area contributed by atoms with E-state index in [9.17, 15) is 19.1 Å². The molecule has 1 atom stereocenters. The van der Waals surface area contributed by atoms with Crippen LogP contribution in [0, 0.1) is 5.82 Å². The monoisotopic (exact) mass is 377 g/mol. The van der Waals surface area contributed by atoms with Crippen LogP contribution in [-0.4, -0.2) is 48.2 Å². The normalized spacial score (nSPS) is 12.5. The second-order valence-corrected chi connectivity index (χ2v) is 6.24. The van der Waals surface area contributed by atoms with Gasteiger partial charge in [0.15, 0.2) is 11.2 Å². The van der Waals surface area contributed by atoms with Crippen molar-refractivity contribution in [3.63, 3.8) is 0 Å². The van der Waals surface area contributed by atoms with Gasteiger partial charge in [-0.3, -0.25) is 18.5 Å². The van der Waals surface area contributed by atoms with Crippen LogP contribution in [0.3, 0.4) is 0 Å². The van der Waals surface area contributed by atoms with Crippen LogP contribution in [0.4, 0.5) is 10.3 Å². The van der Waals surface area contributed by atoms with Crippen LogP contribution >= 0.6 is 0 Å². The number of nitrogens with zero attached hydrogens (tertiary/aromatic N) is 4. The average Bonchev–Trinajstić information content (AvgIpc) is 3.02. The van der Waals surface area contributed by atoms with Crippen molar-refractivity contribution in [2.24, 2.45) is 14.1 Å². The van der Waals surface area contributed by atoms with Crippen LogP contribution in [0.15, 0.2) is 33.9 Å². The number of aliphatic hydroxyl groups excluding tert-OH is 2. The number of anilines is 1. The molecule has 3 aromatic rings. The highest BCUT2D eigenvalue weighted by atomic mass is 19.1. The summed E-state index contributed by atoms with van der Waals surface area (Å²) in [6.45, 7) is -0.245. The largest absolute Gasteiger partial charge is 0.394 e. The van der Waals surface area contributed by atoms with Gasteiger partial charge in [0.05, 0.1) is 19.3 Å². The Hall–Kier alpha value is -2.98. The number of aryl methyl sites for hydroxylation is 1. The fourth-order valence-electron chi connectivity index (χ4n) is 2.78. The molecule has 0 aliphatic heterocycles. The second-order valence-electron chi connectivity index (χ2n) is 6.24. The summed E-state index contributed by atoms with van der Waals surface area (Å²) in [5.41, 5.74) is 0.0767. The first-order valence-electron chi connectivity index (χ1n) is 8.27. The topological polar surface area (TPSA) is 114 Å². The number of imidazole rings is 1. The van der Waals surface area contributed by atoms with Gasteiger partial charge in [-0.25, -0.2) is 9.18 Å². The minimum Gasteiger partial charge on any atom is -0.394 e. The average molecular weight is 377 g/mol. The summed E-state index contributed by atoms with van der Waals surface area (Å²) in [5.74, 6) is -0.128. The number of aliphatic hydroxyl groups is 2. The maximum Gasteiger partial charge on any atom is 0.332 e. The molecule has 0 radical (unpaired) electrons. The lowest BCUT2D eigenvalue weighted by atomic mass is 10.2. The molecule has 2 heterocycles. The molecule has 0 bridgehead atoms. The minimum absolute atomic E-state index is 0.00248. The predicted octanol–water partition coefficient (Wildman–Crippen LogP) is -0.614. The van der Waals surface area contributed by atoms with Crippen molar-refractivity contribution < 1.29 is 14.6 Å². The second kappa shape index (κ2) is 7.33. The van der Waals surface area contributed by atoms with Crippen LogP contribution in [0.5, 0.6) is 0 Å². The molecule has 0 saturated carbocycles. The van der Waals surface area contributed by atoms with Crippen molar-refractivity contribution in [3.05, 3.63) is 56.5 Å². The quantitative estimate of drug-likeness (QED) is 0.528. The van der Waals surface area contributed by atoms with Gasteiger partial charge in [0.2, 0.25) is 5.95 Å². The molecule has 0 fully saturated rings. The number of nitrogens with one attached hydrogen (secondary N) is 1. The molecule has 0 amide bonds. The number of fused-ring (bicyclic) bond motifs is 1. The van der Waals surface area contributed by atoms with E-state index in [-0.39, 0.29) is 36.0 Å². The smallest absolute Gasteiger partial charge is 0.332 e. The molecule has 0 saturated heterocycles. The molecule has 0 spiro atoms. The van der Waals surface area contributed by atoms with E-state index in [1.54, 1.807) is 16.7 Å². The Morgan fingerprint density at radius 1 is 1.19 bits per heavy atom. The van der Waals surface area contributed by atoms with Gasteiger partial charge in [-0.1, -0.05) is 12.1 Å². The molecule has 3 N–H and O–H groups in total. The first kappa shape index (κ1) is 18.8. The van der Waals surface area contributed by atoms with E-state index in [0.29, 0.717) is 0 Å². The van der Waals surface area contributed by atoms with Crippen molar-refractivity contribution in [3.8, 4) is 0 Å². The van der Waals surface area contributed by atoms with E-state index in [1.807, 2.05) is 0 Å². The van der Waals surface area contributed by atoms with Crippen LogP contribution in [0.25, 0.3) is 11.2 Å². The molecule has 2 aromatic heterocycles. The standard InChI is InChI=1S/C17H20FN5O4/c1-21-14-13(15(26)22(2)17(21)27)23(8-10-3-5-11(18)6-4-10)16(20-14)19-7-12(25)9-24/h3-6,12,24-25H,7-9H2,1-2H3,(H,19,20)/t12-/m1/s1. The molecule has 1 aromatic carbocycles. The Morgan fingerprint density at radius 3 is 2.48 bits per heavy atom. The van der Waals surface area contributed by atoms with E-state index >= 15 is 0 Å². The molecular weight excluding hydrogens is 357 g/mol. The Balaban J connectivity index is 2.18. The predicted molar refractivity (Wildman–Crippen MR) is 97.3 cm³/mol. The van der Waals surface area contributed by atoms with Crippen LogP contribution < -0.4 is 16.6 Å². The zero-order valence-corrected chi connectivity index (χ0v) is 14.9. The summed E-state index contributed by atoms with van der Waals surface area (Å²) in [6.07, 6.45) is -1.02. The molecule has 0 unspecified atom stereocenters. The van der Waals surface area contributed by atoms with Gasteiger partial charge >= 0.3 is 5.69 Å². The van der Waals surface area contributed by atoms with Crippen LogP contribution in [-0.2, 0) is 20.6 Å². The molecule has 27 heavy (non-hydrogen) atoms. The molecule has 0 aliphatic rings. The summed E-state index contributed by atoms with van der Waals surface area (Å²) in [6, 6.07) is 5.79. The zero-order valence-electron chi connectivity index (χ0n) is 14.9. The third-order valence-corrected chi connectivity index (χ3v) is 4.31. The lowest BCUT2D eigenvalue weighted by molar-refractivity contribution is 0.105. The summed E-state index contributed by atoms with van der Waals surface area (Å²) in [4.78, 5) is 29.2. The van der Waals surface area contributed by atoms with Crippen molar-refractivity contribution in [1.82, 2.24) is 18.7 Å². The van der Waals surface area contributed by atoms with Gasteiger partial charge in [0, 0.05) is 20.6 Å². The van der Waals surface area contributed by atoms with Gasteiger partial charge < -0.3 is 15.5 Å². The molecule has 3 rings (SSSR count). The maximum absolute atomic E-state index is 13.2. The van der Waals surface area contributed by atoms with Crippen molar-refractivity contribution in [2.75, 3.05) is 18.5 Å². The molecule has 10 heteroatoms. The van der Waals surface area contributed by atoms with E-state index in [0.717, 1.165) is 10.1 Å². The number of hydrogen-bond donors (Lipinski definition) is 3. The van der Waals surface area contributed by atoms with E-state index in [2.05, 4.69) is 10.3 Å². The number of aromatic nitrogens is 4. The minimum atomic E-state index is -1.02. The van der Waals surface area contributed by atoms with Crippen molar-refractivity contribution >= 4 is 17.1 Å². The molecule has 0 aliphatic carbocycles. The van der Waals surface area contributed by atoms with Gasteiger partial charge in [-0.2, -0.15) is 4.98 Å². The summed E-state index contributed by atoms with van der Waals surface area (Å²) in [7, 11) is 2.88. The SMILES string of the molecule is Cn1c(=O)c2c(nc(NC[C@@H](O)CO)n2Cc2ccc(F)cc2)n(C)c1=O. The van der Waals surface area contributed by atoms with E-state index < -0.39 is 24.0 Å². The lowest BCUT2D eigenvalue weighted by Gasteiger charge is -2.13. The van der Waals surface area contributed by atoms with Gasteiger partial charge in [0.25, 0.3) is 5.56 Å². The van der Waals surface area contributed by atoms with Gasteiger partial charge in [-0.15, -0.1) is 0 Å². The first-order chi connectivity index (χ1) is 12.8. The maximum atomic E-state index is 13.2. The fourth-order valence-corrected chi connectivity index (χ4v) is 2.78.